The van der Waals surface area contributed by atoms with Gasteiger partial charge in [-0.2, -0.15) is 0 Å². The van der Waals surface area contributed by atoms with Gasteiger partial charge in [0.15, 0.2) is 0 Å². The fourth-order valence-electron chi connectivity index (χ4n) is 1.55. The molecule has 1 aliphatic heterocycles. The Hall–Kier alpha value is -0.154. The average Bonchev–Trinajstić information content (AvgIpc) is 2.26. The molecule has 8 heteroatoms. The van der Waals surface area contributed by atoms with Crippen molar-refractivity contribution in [1.82, 2.24) is 9.80 Å². The number of nitrogens with zero attached hydrogens (tertiary/aromatic N) is 2. The maximum atomic E-state index is 11.7. The van der Waals surface area contributed by atoms with Crippen LogP contribution in [0.15, 0.2) is 0 Å². The number of rotatable bonds is 0. The van der Waals surface area contributed by atoms with Crippen LogP contribution in [0.4, 0.5) is 4.79 Å². The molecule has 0 spiro atoms. The van der Waals surface area contributed by atoms with Gasteiger partial charge in [-0.1, -0.05) is 0 Å². The second-order valence-corrected chi connectivity index (χ2v) is 5.05. The number of amides is 2. The summed E-state index contributed by atoms with van der Waals surface area (Å²) in [4.78, 5) is 35.8. The Morgan fingerprint density at radius 3 is 1.79 bits per heavy atom. The number of carboxylic acids is 1. The Morgan fingerprint density at radius 1 is 1.00 bits per heavy atom. The van der Waals surface area contributed by atoms with Gasteiger partial charge in [0.1, 0.15) is 11.6 Å². The second kappa shape index (κ2) is 7.58. The van der Waals surface area contributed by atoms with Crippen molar-refractivity contribution >= 4 is 18.0 Å². The fraction of sp³-hybridized carbons (Fsp3) is 0.727. The topological polar surface area (TPSA) is 90.0 Å². The van der Waals surface area contributed by atoms with Gasteiger partial charge in [-0.25, -0.2) is 4.79 Å². The first-order valence-electron chi connectivity index (χ1n) is 5.69. The van der Waals surface area contributed by atoms with Crippen molar-refractivity contribution in [2.75, 3.05) is 26.2 Å². The van der Waals surface area contributed by atoms with Crippen molar-refractivity contribution in [2.24, 2.45) is 0 Å². The van der Waals surface area contributed by atoms with Crippen molar-refractivity contribution < 1.29 is 75.6 Å². The molecular formula is C11H17KN2O5. The van der Waals surface area contributed by atoms with Crippen LogP contribution in [0.1, 0.15) is 20.8 Å². The molecule has 0 atom stereocenters. The third kappa shape index (κ3) is 6.22. The minimum absolute atomic E-state index is 0. The molecule has 1 aliphatic rings. The second-order valence-electron chi connectivity index (χ2n) is 5.05. The van der Waals surface area contributed by atoms with E-state index < -0.39 is 23.6 Å². The van der Waals surface area contributed by atoms with E-state index in [1.54, 1.807) is 20.8 Å². The van der Waals surface area contributed by atoms with Crippen LogP contribution in [-0.2, 0) is 14.3 Å². The summed E-state index contributed by atoms with van der Waals surface area (Å²) in [6.45, 7) is 6.16. The van der Waals surface area contributed by atoms with Gasteiger partial charge < -0.3 is 24.4 Å². The van der Waals surface area contributed by atoms with Gasteiger partial charge in [-0.15, -0.1) is 0 Å². The summed E-state index contributed by atoms with van der Waals surface area (Å²) in [7, 11) is 0. The Labute approximate surface area is 154 Å². The first kappa shape index (κ1) is 18.8. The Kier molecular flexibility index (Phi) is 7.52. The summed E-state index contributed by atoms with van der Waals surface area (Å²) in [5.41, 5.74) is -0.574. The minimum Gasteiger partial charge on any atom is -0.540 e. The number of carbonyl (C=O) groups is 3. The SMILES string of the molecule is CC(C)(C)OC(=O)N1CCN(C(=O)C(=O)[O-])CC1.[K+]. The maximum absolute atomic E-state index is 11.7. The third-order valence-corrected chi connectivity index (χ3v) is 2.39. The molecule has 0 radical (unpaired) electrons. The third-order valence-electron chi connectivity index (χ3n) is 2.39. The van der Waals surface area contributed by atoms with Crippen LogP contribution in [0, 0.1) is 0 Å². The van der Waals surface area contributed by atoms with Gasteiger partial charge in [0, 0.05) is 26.2 Å². The summed E-state index contributed by atoms with van der Waals surface area (Å²) in [6.07, 6.45) is -0.456. The van der Waals surface area contributed by atoms with Gasteiger partial charge in [0.05, 0.1) is 0 Å². The smallest absolute Gasteiger partial charge is 0.540 e. The molecule has 7 nitrogen and oxygen atoms in total. The van der Waals surface area contributed by atoms with Gasteiger partial charge in [-0.05, 0) is 20.8 Å². The van der Waals surface area contributed by atoms with E-state index in [1.165, 1.54) is 4.90 Å². The van der Waals surface area contributed by atoms with Crippen LogP contribution < -0.4 is 56.5 Å². The monoisotopic (exact) mass is 296 g/mol. The molecule has 1 heterocycles. The summed E-state index contributed by atoms with van der Waals surface area (Å²) in [5.74, 6) is -2.76. The van der Waals surface area contributed by atoms with Crippen molar-refractivity contribution in [3.05, 3.63) is 0 Å². The molecule has 1 fully saturated rings. The molecular weight excluding hydrogens is 279 g/mol. The molecule has 0 aromatic heterocycles. The largest absolute Gasteiger partial charge is 1.00 e. The van der Waals surface area contributed by atoms with Gasteiger partial charge in [0.2, 0.25) is 0 Å². The molecule has 0 aromatic carbocycles. The summed E-state index contributed by atoms with van der Waals surface area (Å²) in [5, 5.41) is 10.4. The molecule has 102 valence electrons. The Morgan fingerprint density at radius 2 is 1.42 bits per heavy atom. The number of carboxylic acid groups (broad SMARTS) is 1. The van der Waals surface area contributed by atoms with E-state index in [9.17, 15) is 19.5 Å². The number of piperazine rings is 1. The van der Waals surface area contributed by atoms with Gasteiger partial charge >= 0.3 is 57.5 Å². The Bertz CT molecular complexity index is 359. The zero-order valence-electron chi connectivity index (χ0n) is 11.8. The summed E-state index contributed by atoms with van der Waals surface area (Å²) in [6, 6.07) is 0. The number of ether oxygens (including phenoxy) is 1. The zero-order valence-corrected chi connectivity index (χ0v) is 14.9. The molecule has 2 amide bonds. The molecule has 0 aromatic rings. The first-order valence-corrected chi connectivity index (χ1v) is 5.69. The number of hydrogen-bond donors (Lipinski definition) is 0. The van der Waals surface area contributed by atoms with Crippen molar-refractivity contribution in [3.63, 3.8) is 0 Å². The van der Waals surface area contributed by atoms with Crippen LogP contribution in [0.3, 0.4) is 0 Å². The number of carbonyl (C=O) groups excluding carboxylic acids is 3. The van der Waals surface area contributed by atoms with Crippen LogP contribution in [0.2, 0.25) is 0 Å². The van der Waals surface area contributed by atoms with Crippen molar-refractivity contribution in [3.8, 4) is 0 Å². The molecule has 19 heavy (non-hydrogen) atoms. The zero-order chi connectivity index (χ0) is 13.9. The number of aliphatic carboxylic acids is 1. The van der Waals surface area contributed by atoms with E-state index in [4.69, 9.17) is 4.74 Å². The van der Waals surface area contributed by atoms with Crippen LogP contribution in [-0.4, -0.2) is 59.5 Å². The molecule has 1 rings (SSSR count). The minimum atomic E-state index is -1.72. The van der Waals surface area contributed by atoms with E-state index in [1.807, 2.05) is 0 Å². The first-order chi connectivity index (χ1) is 8.20. The quantitative estimate of drug-likeness (QED) is 0.334. The molecule has 0 N–H and O–H groups in total. The molecule has 0 bridgehead atoms. The van der Waals surface area contributed by atoms with E-state index in [-0.39, 0.29) is 77.6 Å². The van der Waals surface area contributed by atoms with E-state index in [0.29, 0.717) is 0 Å². The molecule has 0 saturated carbocycles. The van der Waals surface area contributed by atoms with Crippen LogP contribution >= 0.6 is 0 Å². The predicted octanol–water partition coefficient (Wildman–Crippen LogP) is -4.18. The van der Waals surface area contributed by atoms with E-state index in [0.717, 1.165) is 4.90 Å². The van der Waals surface area contributed by atoms with E-state index in [2.05, 4.69) is 0 Å². The summed E-state index contributed by atoms with van der Waals surface area (Å²) >= 11 is 0. The van der Waals surface area contributed by atoms with Crippen LogP contribution in [0.5, 0.6) is 0 Å². The normalized spacial score (nSPS) is 15.5. The standard InChI is InChI=1S/C11H18N2O5.K/c1-11(2,3)18-10(17)13-6-4-12(5-7-13)8(14)9(15)16;/h4-7H2,1-3H3,(H,15,16);/q;+1/p-1. The number of hydrogen-bond acceptors (Lipinski definition) is 5. The maximum Gasteiger partial charge on any atom is 1.00 e. The van der Waals surface area contributed by atoms with Crippen molar-refractivity contribution in [1.29, 1.82) is 0 Å². The van der Waals surface area contributed by atoms with E-state index >= 15 is 0 Å². The average molecular weight is 296 g/mol. The molecule has 0 aliphatic carbocycles. The molecule has 1 saturated heterocycles. The van der Waals surface area contributed by atoms with Gasteiger partial charge in [0.25, 0.3) is 5.91 Å². The van der Waals surface area contributed by atoms with Crippen molar-refractivity contribution in [2.45, 2.75) is 26.4 Å². The van der Waals surface area contributed by atoms with Crippen LogP contribution in [0.25, 0.3) is 0 Å². The summed E-state index contributed by atoms with van der Waals surface area (Å²) < 4.78 is 5.18. The fourth-order valence-corrected chi connectivity index (χ4v) is 1.55. The predicted molar refractivity (Wildman–Crippen MR) is 59.4 cm³/mol. The Balaban J connectivity index is 0.00000324. The van der Waals surface area contributed by atoms with Gasteiger partial charge in [-0.3, -0.25) is 4.79 Å². The molecule has 0 unspecified atom stereocenters.